The Kier molecular flexibility index (Phi) is 5.29. The highest BCUT2D eigenvalue weighted by Crippen LogP contribution is 2.19. The fourth-order valence-electron chi connectivity index (χ4n) is 2.54. The molecule has 1 saturated heterocycles. The van der Waals surface area contributed by atoms with E-state index in [4.69, 9.17) is 4.74 Å². The molecule has 0 spiro atoms. The zero-order valence-corrected chi connectivity index (χ0v) is 14.4. The van der Waals surface area contributed by atoms with Crippen LogP contribution in [0, 0.1) is 5.41 Å². The number of hydrogen-bond donors (Lipinski definition) is 1. The summed E-state index contributed by atoms with van der Waals surface area (Å²) in [6.07, 6.45) is 1.59. The molecular weight excluding hydrogens is 292 g/mol. The minimum Gasteiger partial charge on any atom is -0.497 e. The summed E-state index contributed by atoms with van der Waals surface area (Å²) in [5.74, 6) is 0.843. The Hall–Kier alpha value is -2.04. The summed E-state index contributed by atoms with van der Waals surface area (Å²) in [5, 5.41) is 3.08. The first-order chi connectivity index (χ1) is 10.8. The van der Waals surface area contributed by atoms with Crippen molar-refractivity contribution in [3.8, 4) is 5.75 Å². The maximum absolute atomic E-state index is 12.5. The van der Waals surface area contributed by atoms with Crippen LogP contribution in [0.1, 0.15) is 44.0 Å². The number of rotatable bonds is 3. The fourth-order valence-corrected chi connectivity index (χ4v) is 2.54. The van der Waals surface area contributed by atoms with Crippen LogP contribution in [-0.4, -0.2) is 43.0 Å². The standard InChI is InChI=1S/C18H26N2O3/c1-18(2,3)17(22)19-14-9-11-20(12-10-14)16(21)13-5-7-15(23-4)8-6-13/h5-8,14H,9-12H2,1-4H3,(H,19,22). The summed E-state index contributed by atoms with van der Waals surface area (Å²) in [6, 6.07) is 7.32. The van der Waals surface area contributed by atoms with E-state index in [1.165, 1.54) is 0 Å². The number of hydrogen-bond acceptors (Lipinski definition) is 3. The highest BCUT2D eigenvalue weighted by Gasteiger charge is 2.28. The van der Waals surface area contributed by atoms with Crippen LogP contribution in [0.15, 0.2) is 24.3 Å². The second-order valence-electron chi connectivity index (χ2n) is 7.02. The number of carbonyl (C=O) groups is 2. The number of amides is 2. The van der Waals surface area contributed by atoms with Crippen molar-refractivity contribution in [3.63, 3.8) is 0 Å². The molecule has 5 nitrogen and oxygen atoms in total. The summed E-state index contributed by atoms with van der Waals surface area (Å²) < 4.78 is 5.11. The van der Waals surface area contributed by atoms with Gasteiger partial charge in [-0.15, -0.1) is 0 Å². The fraction of sp³-hybridized carbons (Fsp3) is 0.556. The van der Waals surface area contributed by atoms with Gasteiger partial charge in [-0.3, -0.25) is 9.59 Å². The summed E-state index contributed by atoms with van der Waals surface area (Å²) in [6.45, 7) is 7.06. The number of benzene rings is 1. The molecule has 0 unspecified atom stereocenters. The summed E-state index contributed by atoms with van der Waals surface area (Å²) in [7, 11) is 1.60. The van der Waals surface area contributed by atoms with Crippen LogP contribution < -0.4 is 10.1 Å². The number of nitrogens with zero attached hydrogens (tertiary/aromatic N) is 1. The SMILES string of the molecule is COc1ccc(C(=O)N2CCC(NC(=O)C(C)(C)C)CC2)cc1. The number of nitrogens with one attached hydrogen (secondary N) is 1. The first-order valence-electron chi connectivity index (χ1n) is 8.05. The highest BCUT2D eigenvalue weighted by molar-refractivity contribution is 5.94. The van der Waals surface area contributed by atoms with Crippen molar-refractivity contribution in [1.29, 1.82) is 0 Å². The normalized spacial score (nSPS) is 16.1. The number of carbonyl (C=O) groups excluding carboxylic acids is 2. The second-order valence-corrected chi connectivity index (χ2v) is 7.02. The van der Waals surface area contributed by atoms with Gasteiger partial charge in [0.15, 0.2) is 0 Å². The minimum absolute atomic E-state index is 0.0354. The maximum Gasteiger partial charge on any atom is 0.253 e. The summed E-state index contributed by atoms with van der Waals surface area (Å²) in [5.41, 5.74) is 0.291. The van der Waals surface area contributed by atoms with Crippen molar-refractivity contribution in [2.75, 3.05) is 20.2 Å². The summed E-state index contributed by atoms with van der Waals surface area (Å²) in [4.78, 5) is 26.4. The van der Waals surface area contributed by atoms with Gasteiger partial charge >= 0.3 is 0 Å². The molecule has 0 aromatic heterocycles. The molecule has 0 radical (unpaired) electrons. The largest absolute Gasteiger partial charge is 0.497 e. The molecule has 1 fully saturated rings. The third kappa shape index (κ3) is 4.47. The molecule has 1 aromatic carbocycles. The van der Waals surface area contributed by atoms with E-state index in [9.17, 15) is 9.59 Å². The van der Waals surface area contributed by atoms with Gasteiger partial charge in [0, 0.05) is 30.1 Å². The maximum atomic E-state index is 12.5. The lowest BCUT2D eigenvalue weighted by Gasteiger charge is -2.33. The van der Waals surface area contributed by atoms with E-state index in [2.05, 4.69) is 5.32 Å². The Morgan fingerprint density at radius 2 is 1.70 bits per heavy atom. The van der Waals surface area contributed by atoms with E-state index in [1.807, 2.05) is 25.7 Å². The van der Waals surface area contributed by atoms with Crippen LogP contribution in [0.2, 0.25) is 0 Å². The lowest BCUT2D eigenvalue weighted by atomic mass is 9.94. The van der Waals surface area contributed by atoms with Crippen molar-refractivity contribution in [2.45, 2.75) is 39.7 Å². The van der Waals surface area contributed by atoms with Crippen LogP contribution in [-0.2, 0) is 4.79 Å². The number of piperidine rings is 1. The van der Waals surface area contributed by atoms with E-state index in [1.54, 1.807) is 31.4 Å². The number of ether oxygens (including phenoxy) is 1. The van der Waals surface area contributed by atoms with Crippen molar-refractivity contribution < 1.29 is 14.3 Å². The Bertz CT molecular complexity index is 553. The van der Waals surface area contributed by atoms with E-state index in [0.717, 1.165) is 18.6 Å². The van der Waals surface area contributed by atoms with Gasteiger partial charge in [-0.2, -0.15) is 0 Å². The average Bonchev–Trinajstić information content (AvgIpc) is 2.54. The molecule has 2 amide bonds. The van der Waals surface area contributed by atoms with Gasteiger partial charge in [-0.1, -0.05) is 20.8 Å². The van der Waals surface area contributed by atoms with Crippen LogP contribution in [0.25, 0.3) is 0 Å². The molecule has 1 heterocycles. The first-order valence-corrected chi connectivity index (χ1v) is 8.05. The molecule has 0 saturated carbocycles. The Labute approximate surface area is 138 Å². The summed E-state index contributed by atoms with van der Waals surface area (Å²) >= 11 is 0. The lowest BCUT2D eigenvalue weighted by molar-refractivity contribution is -0.129. The van der Waals surface area contributed by atoms with E-state index >= 15 is 0 Å². The van der Waals surface area contributed by atoms with Gasteiger partial charge in [0.2, 0.25) is 5.91 Å². The topological polar surface area (TPSA) is 58.6 Å². The van der Waals surface area contributed by atoms with Gasteiger partial charge in [-0.25, -0.2) is 0 Å². The smallest absolute Gasteiger partial charge is 0.253 e. The third-order valence-electron chi connectivity index (χ3n) is 4.14. The molecule has 2 rings (SSSR count). The molecule has 126 valence electrons. The Balaban J connectivity index is 1.88. The Morgan fingerprint density at radius 1 is 1.13 bits per heavy atom. The van der Waals surface area contributed by atoms with Gasteiger partial charge in [0.05, 0.1) is 7.11 Å². The van der Waals surface area contributed by atoms with Gasteiger partial charge in [0.1, 0.15) is 5.75 Å². The van der Waals surface area contributed by atoms with Gasteiger partial charge < -0.3 is 15.0 Å². The predicted molar refractivity (Wildman–Crippen MR) is 89.5 cm³/mol. The number of methoxy groups -OCH3 is 1. The van der Waals surface area contributed by atoms with Crippen LogP contribution >= 0.6 is 0 Å². The molecule has 0 atom stereocenters. The number of likely N-dealkylation sites (tertiary alicyclic amines) is 1. The molecule has 5 heteroatoms. The van der Waals surface area contributed by atoms with E-state index < -0.39 is 0 Å². The monoisotopic (exact) mass is 318 g/mol. The predicted octanol–water partition coefficient (Wildman–Crippen LogP) is 2.46. The van der Waals surface area contributed by atoms with Gasteiger partial charge in [-0.05, 0) is 37.1 Å². The molecule has 0 bridgehead atoms. The Morgan fingerprint density at radius 3 is 2.17 bits per heavy atom. The van der Waals surface area contributed by atoms with Gasteiger partial charge in [0.25, 0.3) is 5.91 Å². The molecule has 1 aromatic rings. The zero-order valence-electron chi connectivity index (χ0n) is 14.4. The second kappa shape index (κ2) is 7.02. The van der Waals surface area contributed by atoms with Crippen molar-refractivity contribution >= 4 is 11.8 Å². The highest BCUT2D eigenvalue weighted by atomic mass is 16.5. The zero-order chi connectivity index (χ0) is 17.0. The van der Waals surface area contributed by atoms with Crippen molar-refractivity contribution in [2.24, 2.45) is 5.41 Å². The van der Waals surface area contributed by atoms with Crippen LogP contribution in [0.5, 0.6) is 5.75 Å². The first kappa shape index (κ1) is 17.3. The van der Waals surface area contributed by atoms with Crippen LogP contribution in [0.4, 0.5) is 0 Å². The average molecular weight is 318 g/mol. The van der Waals surface area contributed by atoms with E-state index in [0.29, 0.717) is 18.7 Å². The molecule has 23 heavy (non-hydrogen) atoms. The molecule has 1 aliphatic rings. The molecular formula is C18H26N2O3. The molecule has 1 aliphatic heterocycles. The lowest BCUT2D eigenvalue weighted by Crippen LogP contribution is -2.49. The quantitative estimate of drug-likeness (QED) is 0.931. The third-order valence-corrected chi connectivity index (χ3v) is 4.14. The van der Waals surface area contributed by atoms with Crippen molar-refractivity contribution in [1.82, 2.24) is 10.2 Å². The molecule has 0 aliphatic carbocycles. The van der Waals surface area contributed by atoms with Crippen molar-refractivity contribution in [3.05, 3.63) is 29.8 Å². The van der Waals surface area contributed by atoms with Crippen LogP contribution in [0.3, 0.4) is 0 Å². The molecule has 1 N–H and O–H groups in total. The minimum atomic E-state index is -0.379. The van der Waals surface area contributed by atoms with E-state index in [-0.39, 0.29) is 23.3 Å².